The van der Waals surface area contributed by atoms with Crippen molar-refractivity contribution in [1.29, 1.82) is 0 Å². The molecule has 1 heterocycles. The molecule has 1 N–H and O–H groups in total. The van der Waals surface area contributed by atoms with Crippen LogP contribution in [0.3, 0.4) is 0 Å². The van der Waals surface area contributed by atoms with Gasteiger partial charge in [0.05, 0.1) is 19.3 Å². The van der Waals surface area contributed by atoms with Crippen molar-refractivity contribution in [3.63, 3.8) is 0 Å². The van der Waals surface area contributed by atoms with Crippen LogP contribution in [0.1, 0.15) is 24.1 Å². The molecule has 2 aromatic rings. The third-order valence-corrected chi connectivity index (χ3v) is 4.50. The van der Waals surface area contributed by atoms with Crippen LogP contribution in [0, 0.1) is 11.6 Å². The van der Waals surface area contributed by atoms with Gasteiger partial charge in [0.25, 0.3) is 0 Å². The zero-order valence-corrected chi connectivity index (χ0v) is 15.1. The number of benzene rings is 2. The number of hydrogen-bond donors (Lipinski definition) is 1. The summed E-state index contributed by atoms with van der Waals surface area (Å²) in [6.45, 7) is 4.49. The number of carbonyl (C=O) groups excluding carboxylic acids is 1. The Morgan fingerprint density at radius 1 is 1.15 bits per heavy atom. The summed E-state index contributed by atoms with van der Waals surface area (Å²) < 4.78 is 33.2. The molecule has 0 saturated carbocycles. The van der Waals surface area contributed by atoms with E-state index in [1.165, 1.54) is 24.3 Å². The highest BCUT2D eigenvalue weighted by Gasteiger charge is 2.17. The van der Waals surface area contributed by atoms with Gasteiger partial charge in [-0.15, -0.1) is 0 Å². The quantitative estimate of drug-likeness (QED) is 0.814. The number of rotatable bonds is 5. The molecule has 1 unspecified atom stereocenters. The predicted molar refractivity (Wildman–Crippen MR) is 101 cm³/mol. The highest BCUT2D eigenvalue weighted by Crippen LogP contribution is 2.24. The molecular formula is C21H22F2N2O2. The molecule has 3 rings (SSSR count). The lowest BCUT2D eigenvalue weighted by molar-refractivity contribution is -0.117. The van der Waals surface area contributed by atoms with Crippen molar-refractivity contribution in [1.82, 2.24) is 5.32 Å². The van der Waals surface area contributed by atoms with Gasteiger partial charge in [-0.2, -0.15) is 0 Å². The molecule has 0 spiro atoms. The minimum absolute atomic E-state index is 0.320. The van der Waals surface area contributed by atoms with Crippen molar-refractivity contribution in [2.75, 3.05) is 31.2 Å². The van der Waals surface area contributed by atoms with E-state index in [9.17, 15) is 13.6 Å². The summed E-state index contributed by atoms with van der Waals surface area (Å²) >= 11 is 0. The van der Waals surface area contributed by atoms with Gasteiger partial charge in [-0.25, -0.2) is 8.78 Å². The van der Waals surface area contributed by atoms with E-state index in [4.69, 9.17) is 4.74 Å². The molecule has 1 atom stereocenters. The Hall–Kier alpha value is -2.73. The molecule has 2 aromatic carbocycles. The summed E-state index contributed by atoms with van der Waals surface area (Å²) in [5, 5.41) is 2.73. The number of anilines is 1. The van der Waals surface area contributed by atoms with E-state index in [1.807, 2.05) is 0 Å². The molecule has 27 heavy (non-hydrogen) atoms. The summed E-state index contributed by atoms with van der Waals surface area (Å²) in [5.41, 5.74) is 1.63. The van der Waals surface area contributed by atoms with Crippen molar-refractivity contribution in [3.05, 3.63) is 71.3 Å². The van der Waals surface area contributed by atoms with Crippen molar-refractivity contribution in [2.45, 2.75) is 13.0 Å². The summed E-state index contributed by atoms with van der Waals surface area (Å²) in [6, 6.07) is 10.6. The average molecular weight is 372 g/mol. The fourth-order valence-electron chi connectivity index (χ4n) is 3.00. The number of amides is 1. The van der Waals surface area contributed by atoms with Gasteiger partial charge in [-0.05, 0) is 37.3 Å². The zero-order valence-electron chi connectivity index (χ0n) is 15.1. The maximum absolute atomic E-state index is 14.3. The molecule has 0 aromatic heterocycles. The molecule has 6 heteroatoms. The fraction of sp³-hybridized carbons (Fsp3) is 0.286. The number of nitrogens with zero attached hydrogens (tertiary/aromatic N) is 1. The first-order valence-electron chi connectivity index (χ1n) is 8.90. The van der Waals surface area contributed by atoms with Gasteiger partial charge in [0.1, 0.15) is 11.6 Å². The summed E-state index contributed by atoms with van der Waals surface area (Å²) in [7, 11) is 0. The van der Waals surface area contributed by atoms with Gasteiger partial charge in [0, 0.05) is 36.0 Å². The number of morpholine rings is 1. The fourth-order valence-corrected chi connectivity index (χ4v) is 3.00. The third-order valence-electron chi connectivity index (χ3n) is 4.50. The third kappa shape index (κ3) is 4.92. The second-order valence-corrected chi connectivity index (χ2v) is 6.39. The second kappa shape index (κ2) is 8.77. The van der Waals surface area contributed by atoms with Crippen LogP contribution < -0.4 is 10.2 Å². The smallest absolute Gasteiger partial charge is 0.244 e. The van der Waals surface area contributed by atoms with Gasteiger partial charge in [-0.1, -0.05) is 18.2 Å². The van der Waals surface area contributed by atoms with E-state index in [-0.39, 0.29) is 5.82 Å². The van der Waals surface area contributed by atoms with Crippen molar-refractivity contribution in [2.24, 2.45) is 0 Å². The number of ether oxygens (including phenoxy) is 1. The molecular weight excluding hydrogens is 350 g/mol. The van der Waals surface area contributed by atoms with Gasteiger partial charge in [0.2, 0.25) is 5.91 Å². The van der Waals surface area contributed by atoms with Crippen LogP contribution >= 0.6 is 0 Å². The SMILES string of the molecule is CC(NC(=O)/C=C\c1ccccc1F)c1cc(N2CCOCC2)ccc1F. The first-order valence-corrected chi connectivity index (χ1v) is 8.90. The highest BCUT2D eigenvalue weighted by atomic mass is 19.1. The largest absolute Gasteiger partial charge is 0.378 e. The van der Waals surface area contributed by atoms with Gasteiger partial charge < -0.3 is 15.0 Å². The highest BCUT2D eigenvalue weighted by molar-refractivity contribution is 5.92. The molecule has 0 aliphatic carbocycles. The van der Waals surface area contributed by atoms with E-state index in [1.54, 1.807) is 37.3 Å². The second-order valence-electron chi connectivity index (χ2n) is 6.39. The molecule has 1 amide bonds. The van der Waals surface area contributed by atoms with E-state index >= 15 is 0 Å². The standard InChI is InChI=1S/C21H22F2N2O2/c1-15(24-21(26)9-6-16-4-2-3-5-19(16)22)18-14-17(7-8-20(18)23)25-10-12-27-13-11-25/h2-9,14-15H,10-13H2,1H3,(H,24,26)/b9-6-. The Balaban J connectivity index is 1.68. The van der Waals surface area contributed by atoms with E-state index in [0.29, 0.717) is 24.3 Å². The van der Waals surface area contributed by atoms with Crippen LogP contribution in [-0.4, -0.2) is 32.2 Å². The molecule has 1 aliphatic heterocycles. The Kier molecular flexibility index (Phi) is 6.19. The minimum atomic E-state index is -0.524. The predicted octanol–water partition coefficient (Wildman–Crippen LogP) is 3.69. The van der Waals surface area contributed by atoms with Crippen LogP contribution in [0.5, 0.6) is 0 Å². The van der Waals surface area contributed by atoms with Gasteiger partial charge in [0.15, 0.2) is 0 Å². The molecule has 142 valence electrons. The van der Waals surface area contributed by atoms with Crippen molar-refractivity contribution < 1.29 is 18.3 Å². The maximum atomic E-state index is 14.3. The van der Waals surface area contributed by atoms with Crippen LogP contribution in [-0.2, 0) is 9.53 Å². The normalized spacial score (nSPS) is 15.7. The Morgan fingerprint density at radius 3 is 2.63 bits per heavy atom. The average Bonchev–Trinajstić information content (AvgIpc) is 2.68. The Bertz CT molecular complexity index is 833. The number of carbonyl (C=O) groups is 1. The minimum Gasteiger partial charge on any atom is -0.378 e. The lowest BCUT2D eigenvalue weighted by Gasteiger charge is -2.29. The van der Waals surface area contributed by atoms with Crippen LogP contribution in [0.2, 0.25) is 0 Å². The molecule has 1 aliphatic rings. The summed E-state index contributed by atoms with van der Waals surface area (Å²) in [5.74, 6) is -1.20. The van der Waals surface area contributed by atoms with Crippen molar-refractivity contribution in [3.8, 4) is 0 Å². The molecule has 4 nitrogen and oxygen atoms in total. The number of halogens is 2. The van der Waals surface area contributed by atoms with Gasteiger partial charge in [-0.3, -0.25) is 4.79 Å². The van der Waals surface area contributed by atoms with Crippen LogP contribution in [0.4, 0.5) is 14.5 Å². The summed E-state index contributed by atoms with van der Waals surface area (Å²) in [4.78, 5) is 14.3. The zero-order chi connectivity index (χ0) is 19.2. The van der Waals surface area contributed by atoms with Crippen molar-refractivity contribution >= 4 is 17.7 Å². The first kappa shape index (κ1) is 19.0. The lowest BCUT2D eigenvalue weighted by atomic mass is 10.1. The number of nitrogens with one attached hydrogen (secondary N) is 1. The maximum Gasteiger partial charge on any atom is 0.244 e. The first-order chi connectivity index (χ1) is 13.0. The van der Waals surface area contributed by atoms with E-state index < -0.39 is 17.8 Å². The molecule has 1 fully saturated rings. The molecule has 1 saturated heterocycles. The van der Waals surface area contributed by atoms with Crippen LogP contribution in [0.25, 0.3) is 6.08 Å². The van der Waals surface area contributed by atoms with Gasteiger partial charge >= 0.3 is 0 Å². The number of hydrogen-bond acceptors (Lipinski definition) is 3. The van der Waals surface area contributed by atoms with E-state index in [2.05, 4.69) is 10.2 Å². The Morgan fingerprint density at radius 2 is 1.89 bits per heavy atom. The lowest BCUT2D eigenvalue weighted by Crippen LogP contribution is -2.36. The summed E-state index contributed by atoms with van der Waals surface area (Å²) in [6.07, 6.45) is 2.65. The molecule has 0 bridgehead atoms. The molecule has 0 radical (unpaired) electrons. The Labute approximate surface area is 157 Å². The monoisotopic (exact) mass is 372 g/mol. The topological polar surface area (TPSA) is 41.6 Å². The van der Waals surface area contributed by atoms with E-state index in [0.717, 1.165) is 18.8 Å². The van der Waals surface area contributed by atoms with Crippen LogP contribution in [0.15, 0.2) is 48.5 Å².